The first-order valence-corrected chi connectivity index (χ1v) is 4.18. The number of methoxy groups -OCH3 is 1. The highest BCUT2D eigenvalue weighted by Gasteiger charge is 2.44. The molecule has 2 nitrogen and oxygen atoms in total. The van der Waals surface area contributed by atoms with Crippen molar-refractivity contribution in [1.29, 1.82) is 0 Å². The maximum atomic E-state index is 5.68. The zero-order chi connectivity index (χ0) is 8.60. The van der Waals surface area contributed by atoms with Crippen molar-refractivity contribution < 1.29 is 4.74 Å². The molecule has 0 aliphatic heterocycles. The summed E-state index contributed by atoms with van der Waals surface area (Å²) in [5.74, 6) is 0. The monoisotopic (exact) mass is 163 g/mol. The maximum absolute atomic E-state index is 5.68. The van der Waals surface area contributed by atoms with Crippen molar-refractivity contribution >= 4 is 5.69 Å². The van der Waals surface area contributed by atoms with Gasteiger partial charge in [-0.3, -0.25) is 0 Å². The lowest BCUT2D eigenvalue weighted by molar-refractivity contribution is 0.0790. The Balaban J connectivity index is 2.34. The quantitative estimate of drug-likeness (QED) is 0.676. The first-order chi connectivity index (χ1) is 5.77. The van der Waals surface area contributed by atoms with Gasteiger partial charge >= 0.3 is 0 Å². The van der Waals surface area contributed by atoms with Gasteiger partial charge in [-0.2, -0.15) is 0 Å². The molecule has 1 aliphatic rings. The molecule has 2 rings (SSSR count). The van der Waals surface area contributed by atoms with Gasteiger partial charge in [0.2, 0.25) is 0 Å². The van der Waals surface area contributed by atoms with E-state index < -0.39 is 0 Å². The lowest BCUT2D eigenvalue weighted by Gasteiger charge is -2.13. The van der Waals surface area contributed by atoms with Gasteiger partial charge in [-0.15, -0.1) is 0 Å². The van der Waals surface area contributed by atoms with Crippen LogP contribution in [-0.2, 0) is 10.3 Å². The van der Waals surface area contributed by atoms with Crippen LogP contribution in [0.2, 0.25) is 0 Å². The molecule has 0 bridgehead atoms. The standard InChI is InChI=1S/C10H13NO/c1-12-10(5-6-10)8-3-2-4-9(11)7-8/h2-4,7H,5-6,11H2,1H3. The summed E-state index contributed by atoms with van der Waals surface area (Å²) >= 11 is 0. The first kappa shape index (κ1) is 7.62. The number of hydrogen-bond acceptors (Lipinski definition) is 2. The molecule has 2 heteroatoms. The lowest BCUT2D eigenvalue weighted by Crippen LogP contribution is -2.08. The lowest BCUT2D eigenvalue weighted by atomic mass is 10.1. The van der Waals surface area contributed by atoms with Gasteiger partial charge in [-0.05, 0) is 30.5 Å². The molecule has 0 heterocycles. The van der Waals surface area contributed by atoms with E-state index in [1.807, 2.05) is 18.2 Å². The van der Waals surface area contributed by atoms with Crippen LogP contribution in [0, 0.1) is 0 Å². The van der Waals surface area contributed by atoms with Gasteiger partial charge < -0.3 is 10.5 Å². The Morgan fingerprint density at radius 2 is 2.17 bits per heavy atom. The van der Waals surface area contributed by atoms with E-state index in [1.165, 1.54) is 5.56 Å². The Morgan fingerprint density at radius 1 is 1.42 bits per heavy atom. The van der Waals surface area contributed by atoms with E-state index in [-0.39, 0.29) is 5.60 Å². The summed E-state index contributed by atoms with van der Waals surface area (Å²) in [6.45, 7) is 0. The molecule has 0 radical (unpaired) electrons. The Kier molecular flexibility index (Phi) is 1.58. The molecule has 2 N–H and O–H groups in total. The summed E-state index contributed by atoms with van der Waals surface area (Å²) in [4.78, 5) is 0. The average Bonchev–Trinajstić information content (AvgIpc) is 2.84. The summed E-state index contributed by atoms with van der Waals surface area (Å²) in [6, 6.07) is 7.95. The number of anilines is 1. The Hall–Kier alpha value is -1.02. The van der Waals surface area contributed by atoms with Crippen LogP contribution in [0.5, 0.6) is 0 Å². The van der Waals surface area contributed by atoms with Gasteiger partial charge in [0.1, 0.15) is 0 Å². The Labute approximate surface area is 72.3 Å². The Bertz CT molecular complexity index is 292. The summed E-state index contributed by atoms with van der Waals surface area (Å²) in [7, 11) is 1.76. The molecule has 1 aromatic carbocycles. The van der Waals surface area contributed by atoms with Gasteiger partial charge in [0.15, 0.2) is 0 Å². The van der Waals surface area contributed by atoms with Crippen LogP contribution in [0.15, 0.2) is 24.3 Å². The van der Waals surface area contributed by atoms with Gasteiger partial charge in [0.25, 0.3) is 0 Å². The molecular weight excluding hydrogens is 150 g/mol. The molecular formula is C10H13NO. The fourth-order valence-electron chi connectivity index (χ4n) is 1.55. The van der Waals surface area contributed by atoms with Crippen molar-refractivity contribution in [3.63, 3.8) is 0 Å². The smallest absolute Gasteiger partial charge is 0.0930 e. The average molecular weight is 163 g/mol. The van der Waals surface area contributed by atoms with Gasteiger partial charge in [0.05, 0.1) is 5.60 Å². The van der Waals surface area contributed by atoms with Crippen molar-refractivity contribution in [3.8, 4) is 0 Å². The topological polar surface area (TPSA) is 35.2 Å². The molecule has 1 fully saturated rings. The van der Waals surface area contributed by atoms with Crippen LogP contribution in [0.25, 0.3) is 0 Å². The molecule has 1 saturated carbocycles. The number of ether oxygens (including phenoxy) is 1. The highest BCUT2D eigenvalue weighted by molar-refractivity contribution is 5.44. The van der Waals surface area contributed by atoms with Crippen molar-refractivity contribution in [3.05, 3.63) is 29.8 Å². The number of nitrogens with two attached hydrogens (primary N) is 1. The molecule has 12 heavy (non-hydrogen) atoms. The molecule has 1 aromatic rings. The van der Waals surface area contributed by atoms with Gasteiger partial charge in [-0.25, -0.2) is 0 Å². The molecule has 0 amide bonds. The molecule has 0 aromatic heterocycles. The minimum Gasteiger partial charge on any atom is -0.399 e. The highest BCUT2D eigenvalue weighted by atomic mass is 16.5. The van der Waals surface area contributed by atoms with Gasteiger partial charge in [-0.1, -0.05) is 12.1 Å². The fraction of sp³-hybridized carbons (Fsp3) is 0.400. The Morgan fingerprint density at radius 3 is 2.67 bits per heavy atom. The third-order valence-corrected chi connectivity index (χ3v) is 2.51. The molecule has 0 atom stereocenters. The van der Waals surface area contributed by atoms with Crippen LogP contribution >= 0.6 is 0 Å². The number of benzene rings is 1. The summed E-state index contributed by atoms with van der Waals surface area (Å²) in [6.07, 6.45) is 2.24. The second kappa shape index (κ2) is 2.49. The third kappa shape index (κ3) is 1.08. The van der Waals surface area contributed by atoms with Crippen LogP contribution in [0.4, 0.5) is 5.69 Å². The first-order valence-electron chi connectivity index (χ1n) is 4.18. The van der Waals surface area contributed by atoms with E-state index in [1.54, 1.807) is 7.11 Å². The minimum absolute atomic E-state index is 0.00458. The zero-order valence-electron chi connectivity index (χ0n) is 7.21. The normalized spacial score (nSPS) is 19.1. The largest absolute Gasteiger partial charge is 0.399 e. The second-order valence-electron chi connectivity index (χ2n) is 3.32. The second-order valence-corrected chi connectivity index (χ2v) is 3.32. The van der Waals surface area contributed by atoms with Crippen LogP contribution in [0.3, 0.4) is 0 Å². The van der Waals surface area contributed by atoms with E-state index in [9.17, 15) is 0 Å². The van der Waals surface area contributed by atoms with Crippen LogP contribution < -0.4 is 5.73 Å². The van der Waals surface area contributed by atoms with Crippen LogP contribution in [0.1, 0.15) is 18.4 Å². The number of rotatable bonds is 2. The zero-order valence-corrected chi connectivity index (χ0v) is 7.21. The molecule has 0 spiro atoms. The summed E-state index contributed by atoms with van der Waals surface area (Å²) in [5.41, 5.74) is 7.71. The number of hydrogen-bond donors (Lipinski definition) is 1. The van der Waals surface area contributed by atoms with E-state index in [0.29, 0.717) is 0 Å². The molecule has 1 aliphatic carbocycles. The van der Waals surface area contributed by atoms with E-state index in [2.05, 4.69) is 6.07 Å². The fourth-order valence-corrected chi connectivity index (χ4v) is 1.55. The number of nitrogen functional groups attached to an aromatic ring is 1. The third-order valence-electron chi connectivity index (χ3n) is 2.51. The van der Waals surface area contributed by atoms with E-state index in [0.717, 1.165) is 18.5 Å². The van der Waals surface area contributed by atoms with Crippen molar-refractivity contribution in [2.24, 2.45) is 0 Å². The van der Waals surface area contributed by atoms with Crippen molar-refractivity contribution in [2.75, 3.05) is 12.8 Å². The molecule has 0 saturated heterocycles. The van der Waals surface area contributed by atoms with Crippen molar-refractivity contribution in [2.45, 2.75) is 18.4 Å². The SMILES string of the molecule is COC1(c2cccc(N)c2)CC1. The highest BCUT2D eigenvalue weighted by Crippen LogP contribution is 2.48. The minimum atomic E-state index is -0.00458. The van der Waals surface area contributed by atoms with E-state index in [4.69, 9.17) is 10.5 Å². The summed E-state index contributed by atoms with van der Waals surface area (Å²) in [5, 5.41) is 0. The van der Waals surface area contributed by atoms with Crippen LogP contribution in [-0.4, -0.2) is 7.11 Å². The predicted molar refractivity (Wildman–Crippen MR) is 48.8 cm³/mol. The molecule has 0 unspecified atom stereocenters. The van der Waals surface area contributed by atoms with Gasteiger partial charge in [0, 0.05) is 12.8 Å². The van der Waals surface area contributed by atoms with Crippen molar-refractivity contribution in [1.82, 2.24) is 0 Å². The molecule has 64 valence electrons. The van der Waals surface area contributed by atoms with E-state index >= 15 is 0 Å². The maximum Gasteiger partial charge on any atom is 0.0930 e. The summed E-state index contributed by atoms with van der Waals surface area (Å²) < 4.78 is 5.43. The predicted octanol–water partition coefficient (Wildman–Crippen LogP) is 1.90.